The Morgan fingerprint density at radius 3 is 2.65 bits per heavy atom. The number of aromatic hydroxyl groups is 1. The minimum atomic E-state index is -0.612. The van der Waals surface area contributed by atoms with Crippen LogP contribution in [0.25, 0.3) is 0 Å². The molecule has 0 saturated carbocycles. The highest BCUT2D eigenvalue weighted by atomic mass is 35.5. The molecule has 2 aromatic carbocycles. The molecule has 7 heteroatoms. The lowest BCUT2D eigenvalue weighted by Crippen LogP contribution is -2.17. The number of hydrazone groups is 1. The number of rotatable bonds is 8. The van der Waals surface area contributed by atoms with Gasteiger partial charge in [0.1, 0.15) is 11.5 Å². The molecule has 0 heterocycles. The van der Waals surface area contributed by atoms with Crippen LogP contribution in [0.15, 0.2) is 41.5 Å². The van der Waals surface area contributed by atoms with E-state index in [-0.39, 0.29) is 21.4 Å². The first-order valence-corrected chi connectivity index (χ1v) is 9.01. The average Bonchev–Trinajstić information content (AvgIpc) is 2.63. The molecule has 26 heavy (non-hydrogen) atoms. The van der Waals surface area contributed by atoms with Gasteiger partial charge >= 0.3 is 0 Å². The molecular formula is C19H20Cl2N2O3. The van der Waals surface area contributed by atoms with Gasteiger partial charge in [0.15, 0.2) is 0 Å². The van der Waals surface area contributed by atoms with Crippen LogP contribution in [-0.2, 0) is 0 Å². The summed E-state index contributed by atoms with van der Waals surface area (Å²) in [6.07, 6.45) is 4.83. The molecule has 0 bridgehead atoms. The van der Waals surface area contributed by atoms with Crippen molar-refractivity contribution in [2.24, 2.45) is 5.10 Å². The topological polar surface area (TPSA) is 70.9 Å². The minimum absolute atomic E-state index is 0.00107. The lowest BCUT2D eigenvalue weighted by molar-refractivity contribution is 0.0952. The van der Waals surface area contributed by atoms with Crippen LogP contribution in [0.2, 0.25) is 10.0 Å². The van der Waals surface area contributed by atoms with Gasteiger partial charge in [-0.2, -0.15) is 5.10 Å². The van der Waals surface area contributed by atoms with Crippen molar-refractivity contribution in [1.29, 1.82) is 0 Å². The van der Waals surface area contributed by atoms with Gasteiger partial charge in [-0.25, -0.2) is 5.43 Å². The van der Waals surface area contributed by atoms with Crippen LogP contribution in [0.4, 0.5) is 0 Å². The highest BCUT2D eigenvalue weighted by Crippen LogP contribution is 2.30. The maximum absolute atomic E-state index is 12.1. The van der Waals surface area contributed by atoms with E-state index in [1.54, 1.807) is 0 Å². The molecule has 0 unspecified atom stereocenters. The Hall–Kier alpha value is -2.24. The number of hydrogen-bond acceptors (Lipinski definition) is 4. The van der Waals surface area contributed by atoms with Crippen LogP contribution in [0.5, 0.6) is 11.5 Å². The Morgan fingerprint density at radius 1 is 1.23 bits per heavy atom. The number of amides is 1. The molecule has 0 spiro atoms. The highest BCUT2D eigenvalue weighted by Gasteiger charge is 2.14. The second-order valence-electron chi connectivity index (χ2n) is 5.61. The van der Waals surface area contributed by atoms with Crippen LogP contribution in [0, 0.1) is 0 Å². The quantitative estimate of drug-likeness (QED) is 0.374. The molecule has 0 aliphatic carbocycles. The number of phenolic OH excluding ortho intramolecular Hbond substituents is 1. The summed E-state index contributed by atoms with van der Waals surface area (Å²) in [6.45, 7) is 2.85. The molecule has 2 rings (SSSR count). The fraction of sp³-hybridized carbons (Fsp3) is 0.263. The van der Waals surface area contributed by atoms with Gasteiger partial charge < -0.3 is 9.84 Å². The lowest BCUT2D eigenvalue weighted by Gasteiger charge is -2.06. The van der Waals surface area contributed by atoms with Gasteiger partial charge in [-0.3, -0.25) is 4.79 Å². The first kappa shape index (κ1) is 20.1. The van der Waals surface area contributed by atoms with Crippen molar-refractivity contribution < 1.29 is 14.6 Å². The predicted molar refractivity (Wildman–Crippen MR) is 105 cm³/mol. The number of benzene rings is 2. The number of halogens is 2. The number of phenols is 1. The van der Waals surface area contributed by atoms with Gasteiger partial charge in [-0.05, 0) is 48.4 Å². The van der Waals surface area contributed by atoms with Gasteiger partial charge in [-0.15, -0.1) is 0 Å². The van der Waals surface area contributed by atoms with Crippen molar-refractivity contribution in [1.82, 2.24) is 5.43 Å². The average molecular weight is 395 g/mol. The monoisotopic (exact) mass is 394 g/mol. The van der Waals surface area contributed by atoms with E-state index in [4.69, 9.17) is 27.9 Å². The Bertz CT molecular complexity index is 777. The maximum atomic E-state index is 12.1. The second-order valence-corrected chi connectivity index (χ2v) is 6.45. The van der Waals surface area contributed by atoms with Crippen LogP contribution in [-0.4, -0.2) is 23.8 Å². The van der Waals surface area contributed by atoms with Crippen LogP contribution in [0.3, 0.4) is 0 Å². The summed E-state index contributed by atoms with van der Waals surface area (Å²) in [5, 5.41) is 13.9. The van der Waals surface area contributed by atoms with Crippen LogP contribution in [0.1, 0.15) is 42.1 Å². The van der Waals surface area contributed by atoms with E-state index in [2.05, 4.69) is 17.5 Å². The van der Waals surface area contributed by atoms with E-state index >= 15 is 0 Å². The fourth-order valence-corrected chi connectivity index (χ4v) is 2.65. The lowest BCUT2D eigenvalue weighted by atomic mass is 10.2. The van der Waals surface area contributed by atoms with E-state index in [0.717, 1.165) is 30.6 Å². The predicted octanol–water partition coefficient (Wildman–Crippen LogP) is 5.03. The molecule has 138 valence electrons. The second kappa shape index (κ2) is 10.0. The zero-order valence-corrected chi connectivity index (χ0v) is 15.8. The molecular weight excluding hydrogens is 375 g/mol. The van der Waals surface area contributed by atoms with Crippen molar-refractivity contribution in [3.8, 4) is 11.5 Å². The van der Waals surface area contributed by atoms with Crippen molar-refractivity contribution in [2.75, 3.05) is 6.61 Å². The van der Waals surface area contributed by atoms with Gasteiger partial charge in [0, 0.05) is 5.02 Å². The van der Waals surface area contributed by atoms with Crippen molar-refractivity contribution in [3.63, 3.8) is 0 Å². The number of nitrogens with one attached hydrogen (secondary N) is 1. The normalized spacial score (nSPS) is 10.9. The smallest absolute Gasteiger partial charge is 0.275 e. The number of nitrogens with zero attached hydrogens (tertiary/aromatic N) is 1. The van der Waals surface area contributed by atoms with Crippen LogP contribution >= 0.6 is 23.2 Å². The summed E-state index contributed by atoms with van der Waals surface area (Å²) >= 11 is 11.6. The minimum Gasteiger partial charge on any atom is -0.506 e. The zero-order valence-electron chi connectivity index (χ0n) is 14.3. The van der Waals surface area contributed by atoms with Crippen LogP contribution < -0.4 is 10.2 Å². The Kier molecular flexibility index (Phi) is 7.75. The van der Waals surface area contributed by atoms with Crippen molar-refractivity contribution in [2.45, 2.75) is 26.2 Å². The first-order valence-electron chi connectivity index (χ1n) is 8.25. The Morgan fingerprint density at radius 2 is 1.96 bits per heavy atom. The van der Waals surface area contributed by atoms with Gasteiger partial charge in [-0.1, -0.05) is 43.0 Å². The summed E-state index contributed by atoms with van der Waals surface area (Å²) in [5.41, 5.74) is 3.07. The molecule has 0 aliphatic heterocycles. The molecule has 0 saturated heterocycles. The number of carbonyl (C=O) groups excluding carboxylic acids is 1. The summed E-state index contributed by atoms with van der Waals surface area (Å²) in [7, 11) is 0. The van der Waals surface area contributed by atoms with Gasteiger partial charge in [0.2, 0.25) is 0 Å². The van der Waals surface area contributed by atoms with Gasteiger partial charge in [0.25, 0.3) is 5.91 Å². The van der Waals surface area contributed by atoms with E-state index in [0.29, 0.717) is 6.61 Å². The molecule has 2 aromatic rings. The molecule has 1 amide bonds. The van der Waals surface area contributed by atoms with Crippen molar-refractivity contribution in [3.05, 3.63) is 57.6 Å². The molecule has 0 aliphatic rings. The molecule has 2 N–H and O–H groups in total. The van der Waals surface area contributed by atoms with E-state index in [9.17, 15) is 9.90 Å². The third-order valence-electron chi connectivity index (χ3n) is 3.55. The molecule has 0 fully saturated rings. The Balaban J connectivity index is 1.91. The largest absolute Gasteiger partial charge is 0.506 e. The highest BCUT2D eigenvalue weighted by molar-refractivity contribution is 6.36. The Labute approximate surface area is 162 Å². The van der Waals surface area contributed by atoms with E-state index in [1.165, 1.54) is 18.3 Å². The molecule has 5 nitrogen and oxygen atoms in total. The summed E-state index contributed by atoms with van der Waals surface area (Å²) in [4.78, 5) is 12.1. The van der Waals surface area contributed by atoms with E-state index < -0.39 is 5.91 Å². The SMILES string of the molecule is CCCCCOc1ccc(/C=N/NC(=O)c2cc(Cl)cc(Cl)c2O)cc1. The molecule has 0 aromatic heterocycles. The third-order valence-corrected chi connectivity index (χ3v) is 4.06. The van der Waals surface area contributed by atoms with E-state index in [1.807, 2.05) is 24.3 Å². The standard InChI is InChI=1S/C19H20Cl2N2O3/c1-2-3-4-9-26-15-7-5-13(6-8-15)12-22-23-19(25)16-10-14(20)11-17(21)18(16)24/h5-8,10-12,24H,2-4,9H2,1H3,(H,23,25)/b22-12+. The molecule has 0 atom stereocenters. The van der Waals surface area contributed by atoms with Crippen molar-refractivity contribution >= 4 is 35.3 Å². The number of ether oxygens (including phenoxy) is 1. The summed E-state index contributed by atoms with van der Waals surface area (Å²) < 4.78 is 5.63. The maximum Gasteiger partial charge on any atom is 0.275 e. The molecule has 0 radical (unpaired) electrons. The zero-order chi connectivity index (χ0) is 18.9. The van der Waals surface area contributed by atoms with Gasteiger partial charge in [0.05, 0.1) is 23.4 Å². The third kappa shape index (κ3) is 5.93. The number of carbonyl (C=O) groups is 1. The number of unbranched alkanes of at least 4 members (excludes halogenated alkanes) is 2. The summed E-state index contributed by atoms with van der Waals surface area (Å²) in [6, 6.07) is 10.0. The summed E-state index contributed by atoms with van der Waals surface area (Å²) in [5.74, 6) is -0.159. The first-order chi connectivity index (χ1) is 12.5. The fourth-order valence-electron chi connectivity index (χ4n) is 2.16. The number of hydrogen-bond donors (Lipinski definition) is 2.